The number of urea groups is 1. The number of nitrogens with zero attached hydrogens (tertiary/aromatic N) is 2. The molecule has 116 valence electrons. The summed E-state index contributed by atoms with van der Waals surface area (Å²) in [6.07, 6.45) is 0. The van der Waals surface area contributed by atoms with Gasteiger partial charge in [-0.25, -0.2) is 4.79 Å². The number of hydrogen-bond acceptors (Lipinski definition) is 6. The molecule has 1 aromatic carbocycles. The number of benzene rings is 1. The number of hydrogen-bond donors (Lipinski definition) is 2. The van der Waals surface area contributed by atoms with Crippen LogP contribution in [0.1, 0.15) is 16.1 Å². The molecule has 22 heavy (non-hydrogen) atoms. The van der Waals surface area contributed by atoms with E-state index in [2.05, 4.69) is 20.8 Å². The summed E-state index contributed by atoms with van der Waals surface area (Å²) in [7, 11) is 0. The summed E-state index contributed by atoms with van der Waals surface area (Å²) in [5, 5.41) is 13.5. The molecule has 6 nitrogen and oxygen atoms in total. The number of carbonyl (C=O) groups excluding carboxylic acids is 2. The Labute approximate surface area is 136 Å². The highest BCUT2D eigenvalue weighted by molar-refractivity contribution is 8.01. The molecule has 8 heteroatoms. The summed E-state index contributed by atoms with van der Waals surface area (Å²) in [6.45, 7) is 5.80. The Morgan fingerprint density at radius 1 is 1.18 bits per heavy atom. The number of nitrogens with one attached hydrogen (secondary N) is 2. The lowest BCUT2D eigenvalue weighted by atomic mass is 10.1. The highest BCUT2D eigenvalue weighted by Crippen LogP contribution is 2.21. The topological polar surface area (TPSA) is 84.0 Å². The molecule has 0 aliphatic carbocycles. The van der Waals surface area contributed by atoms with Crippen LogP contribution in [0.3, 0.4) is 0 Å². The van der Waals surface area contributed by atoms with Gasteiger partial charge in [0, 0.05) is 5.69 Å². The number of anilines is 1. The Kier molecular flexibility index (Phi) is 5.51. The maximum atomic E-state index is 11.8. The van der Waals surface area contributed by atoms with Crippen LogP contribution in [0, 0.1) is 20.8 Å². The minimum Gasteiger partial charge on any atom is -0.308 e. The number of rotatable bonds is 4. The molecule has 0 radical (unpaired) electrons. The standard InChI is InChI=1S/C14H16N4O2S2/c1-8-4-5-11(6-9(8)2)15-13(20)16-12(19)7-21-14-18-17-10(3)22-14/h4-6H,7H2,1-3H3,(H2,15,16,19,20). The zero-order valence-electron chi connectivity index (χ0n) is 12.5. The van der Waals surface area contributed by atoms with Crippen molar-refractivity contribution in [2.75, 3.05) is 11.1 Å². The Bertz CT molecular complexity index is 700. The summed E-state index contributed by atoms with van der Waals surface area (Å²) >= 11 is 2.67. The molecule has 0 bridgehead atoms. The van der Waals surface area contributed by atoms with Gasteiger partial charge in [0.2, 0.25) is 5.91 Å². The smallest absolute Gasteiger partial charge is 0.308 e. The lowest BCUT2D eigenvalue weighted by Gasteiger charge is -2.08. The molecule has 0 aliphatic rings. The molecule has 3 amide bonds. The third-order valence-corrected chi connectivity index (χ3v) is 4.82. The van der Waals surface area contributed by atoms with E-state index in [1.54, 1.807) is 6.07 Å². The van der Waals surface area contributed by atoms with Gasteiger partial charge in [-0.3, -0.25) is 10.1 Å². The van der Waals surface area contributed by atoms with Gasteiger partial charge in [-0.2, -0.15) is 0 Å². The first-order chi connectivity index (χ1) is 10.4. The van der Waals surface area contributed by atoms with Gasteiger partial charge in [-0.05, 0) is 44.0 Å². The zero-order chi connectivity index (χ0) is 16.1. The first-order valence-electron chi connectivity index (χ1n) is 6.55. The van der Waals surface area contributed by atoms with Gasteiger partial charge in [0.25, 0.3) is 0 Å². The van der Waals surface area contributed by atoms with Crippen LogP contribution in [0.4, 0.5) is 10.5 Å². The maximum absolute atomic E-state index is 11.8. The van der Waals surface area contributed by atoms with Crippen LogP contribution in [-0.4, -0.2) is 27.9 Å². The lowest BCUT2D eigenvalue weighted by Crippen LogP contribution is -2.35. The molecular weight excluding hydrogens is 320 g/mol. The monoisotopic (exact) mass is 336 g/mol. The molecule has 0 aliphatic heterocycles. The largest absolute Gasteiger partial charge is 0.325 e. The highest BCUT2D eigenvalue weighted by Gasteiger charge is 2.10. The second-order valence-corrected chi connectivity index (χ2v) is 7.08. The summed E-state index contributed by atoms with van der Waals surface area (Å²) in [6, 6.07) is 5.03. The van der Waals surface area contributed by atoms with E-state index < -0.39 is 6.03 Å². The van der Waals surface area contributed by atoms with E-state index in [1.807, 2.05) is 32.9 Å². The van der Waals surface area contributed by atoms with Crippen molar-refractivity contribution in [2.45, 2.75) is 25.1 Å². The van der Waals surface area contributed by atoms with Crippen LogP contribution in [0.2, 0.25) is 0 Å². The van der Waals surface area contributed by atoms with Crippen molar-refractivity contribution < 1.29 is 9.59 Å². The van der Waals surface area contributed by atoms with Crippen molar-refractivity contribution in [1.29, 1.82) is 0 Å². The summed E-state index contributed by atoms with van der Waals surface area (Å²) in [5.74, 6) is -0.256. The number of imide groups is 1. The molecule has 2 rings (SSSR count). The quantitative estimate of drug-likeness (QED) is 0.839. The highest BCUT2D eigenvalue weighted by atomic mass is 32.2. The molecule has 0 saturated heterocycles. The first kappa shape index (κ1) is 16.4. The average molecular weight is 336 g/mol. The molecule has 0 atom stereocenters. The second-order valence-electron chi connectivity index (χ2n) is 4.68. The fraction of sp³-hybridized carbons (Fsp3) is 0.286. The van der Waals surface area contributed by atoms with Crippen molar-refractivity contribution in [3.63, 3.8) is 0 Å². The van der Waals surface area contributed by atoms with Crippen LogP contribution in [0.15, 0.2) is 22.5 Å². The first-order valence-corrected chi connectivity index (χ1v) is 8.35. The van der Waals surface area contributed by atoms with Crippen molar-refractivity contribution in [2.24, 2.45) is 0 Å². The number of carbonyl (C=O) groups is 2. The van der Waals surface area contributed by atoms with Gasteiger partial charge in [-0.15, -0.1) is 10.2 Å². The fourth-order valence-electron chi connectivity index (χ4n) is 1.61. The lowest BCUT2D eigenvalue weighted by molar-refractivity contribution is -0.117. The van der Waals surface area contributed by atoms with E-state index in [0.29, 0.717) is 10.0 Å². The van der Waals surface area contributed by atoms with Gasteiger partial charge in [0.05, 0.1) is 5.75 Å². The van der Waals surface area contributed by atoms with Crippen LogP contribution in [-0.2, 0) is 4.79 Å². The van der Waals surface area contributed by atoms with E-state index in [1.165, 1.54) is 23.1 Å². The number of aromatic nitrogens is 2. The minimum absolute atomic E-state index is 0.120. The Hall–Kier alpha value is -1.93. The van der Waals surface area contributed by atoms with Crippen molar-refractivity contribution >= 4 is 40.7 Å². The molecule has 1 aromatic heterocycles. The van der Waals surface area contributed by atoms with Crippen molar-refractivity contribution in [1.82, 2.24) is 15.5 Å². The number of aryl methyl sites for hydroxylation is 3. The third kappa shape index (κ3) is 4.81. The van der Waals surface area contributed by atoms with Crippen LogP contribution in [0.25, 0.3) is 0 Å². The predicted molar refractivity (Wildman–Crippen MR) is 88.4 cm³/mol. The van der Waals surface area contributed by atoms with Crippen LogP contribution in [0.5, 0.6) is 0 Å². The number of thioether (sulfide) groups is 1. The Balaban J connectivity index is 1.80. The summed E-state index contributed by atoms with van der Waals surface area (Å²) < 4.78 is 0.710. The minimum atomic E-state index is -0.540. The molecule has 0 saturated carbocycles. The summed E-state index contributed by atoms with van der Waals surface area (Å²) in [4.78, 5) is 23.5. The molecule has 0 unspecified atom stereocenters. The maximum Gasteiger partial charge on any atom is 0.325 e. The average Bonchev–Trinajstić information content (AvgIpc) is 2.86. The Morgan fingerprint density at radius 2 is 1.95 bits per heavy atom. The van der Waals surface area contributed by atoms with Gasteiger partial charge < -0.3 is 5.32 Å². The van der Waals surface area contributed by atoms with E-state index >= 15 is 0 Å². The van der Waals surface area contributed by atoms with Gasteiger partial charge >= 0.3 is 6.03 Å². The second kappa shape index (κ2) is 7.37. The van der Waals surface area contributed by atoms with Crippen molar-refractivity contribution in [3.05, 3.63) is 34.3 Å². The van der Waals surface area contributed by atoms with Gasteiger partial charge in [-0.1, -0.05) is 29.2 Å². The zero-order valence-corrected chi connectivity index (χ0v) is 14.1. The third-order valence-electron chi connectivity index (χ3n) is 2.85. The van der Waals surface area contributed by atoms with E-state index in [0.717, 1.165) is 16.1 Å². The van der Waals surface area contributed by atoms with E-state index in [-0.39, 0.29) is 11.7 Å². The fourth-order valence-corrected chi connectivity index (χ4v) is 3.22. The van der Waals surface area contributed by atoms with Gasteiger partial charge in [0.1, 0.15) is 5.01 Å². The normalized spacial score (nSPS) is 10.3. The molecule has 1 heterocycles. The predicted octanol–water partition coefficient (Wildman–Crippen LogP) is 2.90. The van der Waals surface area contributed by atoms with Crippen LogP contribution >= 0.6 is 23.1 Å². The molecular formula is C14H16N4O2S2. The summed E-state index contributed by atoms with van der Waals surface area (Å²) in [5.41, 5.74) is 2.87. The number of amides is 3. The van der Waals surface area contributed by atoms with E-state index in [4.69, 9.17) is 0 Å². The van der Waals surface area contributed by atoms with Crippen LogP contribution < -0.4 is 10.6 Å². The van der Waals surface area contributed by atoms with Gasteiger partial charge in [0.15, 0.2) is 4.34 Å². The molecule has 2 N–H and O–H groups in total. The molecule has 2 aromatic rings. The van der Waals surface area contributed by atoms with Crippen molar-refractivity contribution in [3.8, 4) is 0 Å². The Morgan fingerprint density at radius 3 is 2.59 bits per heavy atom. The SMILES string of the molecule is Cc1nnc(SCC(=O)NC(=O)Nc2ccc(C)c(C)c2)s1. The van der Waals surface area contributed by atoms with E-state index in [9.17, 15) is 9.59 Å². The molecule has 0 fully saturated rings. The molecule has 0 spiro atoms.